The third-order valence-corrected chi connectivity index (χ3v) is 0.379. The van der Waals surface area contributed by atoms with Crippen molar-refractivity contribution < 1.29 is 28.0 Å². The highest BCUT2D eigenvalue weighted by molar-refractivity contribution is 5.78. The molecule has 0 aromatic rings. The zero-order chi connectivity index (χ0) is 7.70. The van der Waals surface area contributed by atoms with Crippen molar-refractivity contribution in [3.05, 3.63) is 25.3 Å². The number of aliphatic carboxylic acids is 1. The average Bonchev–Trinajstić information content (AvgIpc) is 1.89. The van der Waals surface area contributed by atoms with E-state index in [9.17, 15) is 4.79 Å². The van der Waals surface area contributed by atoms with Crippen molar-refractivity contribution >= 4 is 5.97 Å². The molecule has 10 heavy (non-hydrogen) atoms. The molecule has 0 amide bonds. The molecule has 0 aliphatic carbocycles. The zero-order valence-electron chi connectivity index (χ0n) is 5.72. The van der Waals surface area contributed by atoms with Crippen LogP contribution in [0, 0.1) is 0 Å². The normalized spacial score (nSPS) is 5.70. The van der Waals surface area contributed by atoms with Gasteiger partial charge in [-0.1, -0.05) is 13.2 Å². The molecule has 0 rings (SSSR count). The first-order valence-electron chi connectivity index (χ1n) is 2.44. The molecule has 60 valence electrons. The van der Waals surface area contributed by atoms with E-state index in [1.165, 1.54) is 0 Å². The maximum Gasteiger partial charge on any atom is 0.327 e. The van der Waals surface area contributed by atoms with E-state index >= 15 is 0 Å². The van der Waals surface area contributed by atoms with Crippen molar-refractivity contribution in [1.82, 2.24) is 0 Å². The van der Waals surface area contributed by atoms with Crippen molar-refractivity contribution in [2.24, 2.45) is 0 Å². The Morgan fingerprint density at radius 2 is 1.80 bits per heavy atom. The Hall–Kier alpha value is -0.800. The fourth-order valence-electron chi connectivity index (χ4n) is 0. The van der Waals surface area contributed by atoms with Crippen LogP contribution in [0.25, 0.3) is 0 Å². The minimum Gasteiger partial charge on any atom is -1.00 e. The SMILES string of the molecule is C=CC(=O)O.C=CC[NH3+].[Cl-]. The molecule has 4 heteroatoms. The van der Waals surface area contributed by atoms with Crippen molar-refractivity contribution in [2.75, 3.05) is 6.54 Å². The number of halogens is 1. The molecule has 3 nitrogen and oxygen atoms in total. The Bertz CT molecular complexity index is 104. The van der Waals surface area contributed by atoms with E-state index < -0.39 is 5.97 Å². The van der Waals surface area contributed by atoms with Crippen molar-refractivity contribution in [1.29, 1.82) is 0 Å². The summed E-state index contributed by atoms with van der Waals surface area (Å²) in [6, 6.07) is 0. The highest BCUT2D eigenvalue weighted by atomic mass is 35.5. The highest BCUT2D eigenvalue weighted by Gasteiger charge is 1.73. The molecule has 0 spiro atoms. The number of carboxylic acids is 1. The summed E-state index contributed by atoms with van der Waals surface area (Å²) in [6.07, 6.45) is 2.60. The second-order valence-corrected chi connectivity index (χ2v) is 1.12. The maximum atomic E-state index is 9.25. The Morgan fingerprint density at radius 1 is 1.60 bits per heavy atom. The number of carboxylic acid groups (broad SMARTS) is 1. The molecule has 0 aromatic heterocycles. The van der Waals surface area contributed by atoms with Crippen LogP contribution in [0.15, 0.2) is 25.3 Å². The molecule has 0 radical (unpaired) electrons. The van der Waals surface area contributed by atoms with Gasteiger partial charge in [-0.2, -0.15) is 0 Å². The largest absolute Gasteiger partial charge is 1.00 e. The summed E-state index contributed by atoms with van der Waals surface area (Å²) >= 11 is 0. The van der Waals surface area contributed by atoms with Crippen LogP contribution in [-0.4, -0.2) is 17.6 Å². The average molecular weight is 166 g/mol. The highest BCUT2D eigenvalue weighted by Crippen LogP contribution is 1.54. The molecule has 0 aromatic carbocycles. The lowest BCUT2D eigenvalue weighted by Gasteiger charge is -1.64. The maximum absolute atomic E-state index is 9.25. The first kappa shape index (κ1) is 16.1. The molecular formula is C6H12ClNO2. The Kier molecular flexibility index (Phi) is 25.3. The van der Waals surface area contributed by atoms with Gasteiger partial charge in [0, 0.05) is 6.08 Å². The van der Waals surface area contributed by atoms with Gasteiger partial charge in [0.15, 0.2) is 0 Å². The monoisotopic (exact) mass is 165 g/mol. The van der Waals surface area contributed by atoms with Crippen molar-refractivity contribution in [3.63, 3.8) is 0 Å². The van der Waals surface area contributed by atoms with Gasteiger partial charge in [0.05, 0.1) is 6.54 Å². The van der Waals surface area contributed by atoms with Gasteiger partial charge in [-0.3, -0.25) is 0 Å². The van der Waals surface area contributed by atoms with E-state index in [1.807, 2.05) is 0 Å². The van der Waals surface area contributed by atoms with E-state index in [-0.39, 0.29) is 12.4 Å². The lowest BCUT2D eigenvalue weighted by molar-refractivity contribution is -0.352. The van der Waals surface area contributed by atoms with Crippen LogP contribution in [0.5, 0.6) is 0 Å². The fourth-order valence-corrected chi connectivity index (χ4v) is 0. The predicted octanol–water partition coefficient (Wildman–Crippen LogP) is -3.32. The van der Waals surface area contributed by atoms with E-state index in [0.29, 0.717) is 0 Å². The molecule has 0 heterocycles. The summed E-state index contributed by atoms with van der Waals surface area (Å²) in [4.78, 5) is 9.25. The minimum atomic E-state index is -0.981. The van der Waals surface area contributed by atoms with Crippen molar-refractivity contribution in [3.8, 4) is 0 Å². The molecule has 0 saturated heterocycles. The second-order valence-electron chi connectivity index (χ2n) is 1.12. The predicted molar refractivity (Wildman–Crippen MR) is 35.8 cm³/mol. The number of hydrogen-bond donors (Lipinski definition) is 2. The van der Waals surface area contributed by atoms with Gasteiger partial charge in [-0.25, -0.2) is 4.79 Å². The van der Waals surface area contributed by atoms with Gasteiger partial charge in [0.2, 0.25) is 0 Å². The van der Waals surface area contributed by atoms with Crippen LogP contribution in [0.2, 0.25) is 0 Å². The quantitative estimate of drug-likeness (QED) is 0.332. The van der Waals surface area contributed by atoms with E-state index in [0.717, 1.165) is 12.6 Å². The van der Waals surface area contributed by atoms with E-state index in [1.54, 1.807) is 6.08 Å². The molecule has 0 atom stereocenters. The van der Waals surface area contributed by atoms with Crippen LogP contribution in [0.3, 0.4) is 0 Å². The van der Waals surface area contributed by atoms with Crippen LogP contribution < -0.4 is 18.1 Å². The Morgan fingerprint density at radius 3 is 1.80 bits per heavy atom. The summed E-state index contributed by atoms with van der Waals surface area (Å²) in [5.74, 6) is -0.981. The van der Waals surface area contributed by atoms with Crippen LogP contribution in [0.4, 0.5) is 0 Å². The summed E-state index contributed by atoms with van der Waals surface area (Å²) in [5.41, 5.74) is 3.49. The molecule has 0 aliphatic rings. The van der Waals surface area contributed by atoms with Gasteiger partial charge in [0.1, 0.15) is 0 Å². The second kappa shape index (κ2) is 15.7. The molecular weight excluding hydrogens is 154 g/mol. The summed E-state index contributed by atoms with van der Waals surface area (Å²) < 4.78 is 0. The molecule has 0 saturated carbocycles. The summed E-state index contributed by atoms with van der Waals surface area (Å²) in [7, 11) is 0. The zero-order valence-corrected chi connectivity index (χ0v) is 6.47. The topological polar surface area (TPSA) is 64.9 Å². The molecule has 0 bridgehead atoms. The fraction of sp³-hybridized carbons (Fsp3) is 0.167. The van der Waals surface area contributed by atoms with Gasteiger partial charge < -0.3 is 23.2 Å². The van der Waals surface area contributed by atoms with Crippen LogP contribution in [0.1, 0.15) is 0 Å². The molecule has 0 aliphatic heterocycles. The van der Waals surface area contributed by atoms with Gasteiger partial charge in [-0.05, 0) is 6.08 Å². The first-order chi connectivity index (χ1) is 4.18. The van der Waals surface area contributed by atoms with Crippen LogP contribution >= 0.6 is 0 Å². The van der Waals surface area contributed by atoms with Gasteiger partial charge in [-0.15, -0.1) is 0 Å². The first-order valence-corrected chi connectivity index (χ1v) is 2.44. The summed E-state index contributed by atoms with van der Waals surface area (Å²) in [5, 5.41) is 7.60. The van der Waals surface area contributed by atoms with Gasteiger partial charge >= 0.3 is 5.97 Å². The Balaban J connectivity index is -0.0000000910. The smallest absolute Gasteiger partial charge is 0.327 e. The number of quaternary nitrogens is 1. The number of hydrogen-bond acceptors (Lipinski definition) is 1. The number of carbonyl (C=O) groups is 1. The molecule has 0 fully saturated rings. The van der Waals surface area contributed by atoms with E-state index in [2.05, 4.69) is 18.9 Å². The molecule has 4 N–H and O–H groups in total. The standard InChI is InChI=1S/C3H7N.C3H4O2.ClH/c1-2-3-4;1-2-3(4)5;/h2H,1,3-4H2;2H,1H2,(H,4,5);1H. The van der Waals surface area contributed by atoms with Gasteiger partial charge in [0.25, 0.3) is 0 Å². The lowest BCUT2D eigenvalue weighted by atomic mass is 10.7. The van der Waals surface area contributed by atoms with Crippen LogP contribution in [-0.2, 0) is 4.79 Å². The molecule has 0 unspecified atom stereocenters. The van der Waals surface area contributed by atoms with Crippen molar-refractivity contribution in [2.45, 2.75) is 0 Å². The summed E-state index contributed by atoms with van der Waals surface area (Å²) in [6.45, 7) is 7.21. The Labute approximate surface area is 66.6 Å². The lowest BCUT2D eigenvalue weighted by Crippen LogP contribution is -3.00. The minimum absolute atomic E-state index is 0. The third kappa shape index (κ3) is 57.2. The van der Waals surface area contributed by atoms with E-state index in [4.69, 9.17) is 5.11 Å². The third-order valence-electron chi connectivity index (χ3n) is 0.379. The number of rotatable bonds is 2.